The molecule has 27 heavy (non-hydrogen) atoms. The summed E-state index contributed by atoms with van der Waals surface area (Å²) in [6.45, 7) is 0.582. The van der Waals surface area contributed by atoms with Crippen LogP contribution >= 0.6 is 0 Å². The van der Waals surface area contributed by atoms with Crippen molar-refractivity contribution >= 4 is 17.6 Å². The number of benzene rings is 2. The van der Waals surface area contributed by atoms with Gasteiger partial charge in [0.2, 0.25) is 0 Å². The fourth-order valence-electron chi connectivity index (χ4n) is 3.92. The number of quaternary nitrogens is 1. The molecule has 5 nitrogen and oxygen atoms in total. The molecule has 1 heterocycles. The third-order valence-corrected chi connectivity index (χ3v) is 5.21. The largest absolute Gasteiger partial charge is 0.363 e. The third-order valence-electron chi connectivity index (χ3n) is 5.21. The number of Topliss-reactive ketones (excluding diaryl/α,β-unsaturated/α-hetero) is 1. The summed E-state index contributed by atoms with van der Waals surface area (Å²) >= 11 is 0. The second kappa shape index (κ2) is 7.80. The van der Waals surface area contributed by atoms with E-state index >= 15 is 0 Å². The van der Waals surface area contributed by atoms with Crippen molar-refractivity contribution < 1.29 is 23.3 Å². The molecule has 0 saturated carbocycles. The van der Waals surface area contributed by atoms with Crippen molar-refractivity contribution in [2.24, 2.45) is 5.73 Å². The van der Waals surface area contributed by atoms with Crippen LogP contribution in [-0.2, 0) is 27.3 Å². The summed E-state index contributed by atoms with van der Waals surface area (Å²) in [6.07, 6.45) is 1.17. The topological polar surface area (TPSA) is 77.2 Å². The van der Waals surface area contributed by atoms with E-state index < -0.39 is 23.5 Å². The fourth-order valence-corrected chi connectivity index (χ4v) is 3.92. The number of carbonyl (C=O) groups is 3. The van der Waals surface area contributed by atoms with Crippen LogP contribution in [0.2, 0.25) is 0 Å². The standard InChI is InChI=1S/C21H21FN2O3/c22-17-9-4-8-16(12-17)14-24(11-5-10-19(24)25)18(20(26)21(23)27)13-15-6-2-1-3-7-15/h1-4,6-9,12,18H,5,10-11,13-14H2,(H-,23,27)/p+1/t18-,24?/m0/s1. The molecule has 0 spiro atoms. The molecular formula is C21H22FN2O3+. The van der Waals surface area contributed by atoms with E-state index in [1.54, 1.807) is 12.1 Å². The minimum Gasteiger partial charge on any atom is -0.363 e. The molecule has 1 saturated heterocycles. The van der Waals surface area contributed by atoms with Crippen molar-refractivity contribution in [1.29, 1.82) is 0 Å². The first-order chi connectivity index (χ1) is 12.9. The van der Waals surface area contributed by atoms with E-state index in [0.717, 1.165) is 5.56 Å². The lowest BCUT2D eigenvalue weighted by atomic mass is 9.97. The Kier molecular flexibility index (Phi) is 5.46. The van der Waals surface area contributed by atoms with Gasteiger partial charge in [-0.2, -0.15) is 0 Å². The van der Waals surface area contributed by atoms with Gasteiger partial charge in [-0.3, -0.25) is 9.59 Å². The molecule has 0 radical (unpaired) electrons. The Labute approximate surface area is 157 Å². The summed E-state index contributed by atoms with van der Waals surface area (Å²) in [4.78, 5) is 37.4. The number of hydrogen-bond donors (Lipinski definition) is 1. The molecule has 1 aliphatic heterocycles. The molecule has 0 bridgehead atoms. The highest BCUT2D eigenvalue weighted by molar-refractivity contribution is 6.37. The number of carbonyl (C=O) groups excluding carboxylic acids is 3. The molecule has 1 fully saturated rings. The number of nitrogens with zero attached hydrogens (tertiary/aromatic N) is 1. The quantitative estimate of drug-likeness (QED) is 0.600. The summed E-state index contributed by atoms with van der Waals surface area (Å²) in [5.41, 5.74) is 6.76. The maximum atomic E-state index is 13.7. The molecule has 6 heteroatoms. The lowest BCUT2D eigenvalue weighted by molar-refractivity contribution is -0.875. The van der Waals surface area contributed by atoms with E-state index in [1.165, 1.54) is 12.1 Å². The van der Waals surface area contributed by atoms with Crippen LogP contribution in [0.4, 0.5) is 4.39 Å². The van der Waals surface area contributed by atoms with Crippen molar-refractivity contribution in [3.8, 4) is 0 Å². The van der Waals surface area contributed by atoms with Gasteiger partial charge in [0.1, 0.15) is 12.4 Å². The number of halogens is 1. The maximum absolute atomic E-state index is 13.7. The molecule has 1 aliphatic rings. The van der Waals surface area contributed by atoms with Gasteiger partial charge in [0.15, 0.2) is 6.04 Å². The summed E-state index contributed by atoms with van der Waals surface area (Å²) in [5.74, 6) is -2.33. The van der Waals surface area contributed by atoms with E-state index in [-0.39, 0.29) is 23.4 Å². The SMILES string of the molecule is NC(=O)C(=O)[C@H](Cc1ccccc1)[N+]1(Cc2cccc(F)c2)CCCC1=O. The Balaban J connectivity index is 2.04. The molecule has 0 aromatic heterocycles. The monoisotopic (exact) mass is 369 g/mol. The van der Waals surface area contributed by atoms with Crippen LogP contribution < -0.4 is 5.73 Å². The average molecular weight is 369 g/mol. The Morgan fingerprint density at radius 1 is 1.07 bits per heavy atom. The number of primary amides is 1. The molecule has 0 aliphatic carbocycles. The molecule has 2 atom stereocenters. The first-order valence-electron chi connectivity index (χ1n) is 8.94. The molecule has 3 rings (SSSR count). The number of ketones is 1. The summed E-state index contributed by atoms with van der Waals surface area (Å²) in [6, 6.07) is 14.3. The molecule has 2 amide bonds. The Hall–Kier alpha value is -2.86. The maximum Gasteiger partial charge on any atom is 0.314 e. The van der Waals surface area contributed by atoms with Gasteiger partial charge in [0.25, 0.3) is 11.7 Å². The summed E-state index contributed by atoms with van der Waals surface area (Å²) in [5, 5.41) is 0. The van der Waals surface area contributed by atoms with Gasteiger partial charge in [-0.15, -0.1) is 0 Å². The number of likely N-dealkylation sites (tertiary alicyclic amines) is 1. The Bertz CT molecular complexity index is 869. The molecule has 2 aromatic carbocycles. The van der Waals surface area contributed by atoms with Gasteiger partial charge in [0, 0.05) is 18.4 Å². The first kappa shape index (κ1) is 18.9. The van der Waals surface area contributed by atoms with Crippen LogP contribution in [0.25, 0.3) is 0 Å². The van der Waals surface area contributed by atoms with Gasteiger partial charge >= 0.3 is 5.91 Å². The van der Waals surface area contributed by atoms with Crippen molar-refractivity contribution in [2.75, 3.05) is 6.54 Å². The zero-order valence-corrected chi connectivity index (χ0v) is 14.9. The zero-order chi connectivity index (χ0) is 19.4. The van der Waals surface area contributed by atoms with Crippen molar-refractivity contribution in [3.63, 3.8) is 0 Å². The smallest absolute Gasteiger partial charge is 0.314 e. The van der Waals surface area contributed by atoms with Crippen molar-refractivity contribution in [3.05, 3.63) is 71.5 Å². The molecule has 2 N–H and O–H groups in total. The van der Waals surface area contributed by atoms with Gasteiger partial charge in [0.05, 0.1) is 13.0 Å². The fraction of sp³-hybridized carbons (Fsp3) is 0.286. The average Bonchev–Trinajstić information content (AvgIpc) is 3.01. The summed E-state index contributed by atoms with van der Waals surface area (Å²) in [7, 11) is 0. The van der Waals surface area contributed by atoms with Crippen LogP contribution in [0.5, 0.6) is 0 Å². The van der Waals surface area contributed by atoms with Gasteiger partial charge in [-0.1, -0.05) is 42.5 Å². The van der Waals surface area contributed by atoms with Crippen LogP contribution in [-0.4, -0.2) is 34.7 Å². The highest BCUT2D eigenvalue weighted by Gasteiger charge is 2.51. The minimum atomic E-state index is -1.05. The zero-order valence-electron chi connectivity index (χ0n) is 14.9. The van der Waals surface area contributed by atoms with Gasteiger partial charge < -0.3 is 5.73 Å². The molecular weight excluding hydrogens is 347 g/mol. The lowest BCUT2D eigenvalue weighted by Gasteiger charge is -2.38. The van der Waals surface area contributed by atoms with E-state index in [4.69, 9.17) is 5.73 Å². The van der Waals surface area contributed by atoms with E-state index in [9.17, 15) is 18.8 Å². The predicted octanol–water partition coefficient (Wildman–Crippen LogP) is 2.13. The highest BCUT2D eigenvalue weighted by Crippen LogP contribution is 2.31. The number of hydrogen-bond acceptors (Lipinski definition) is 3. The van der Waals surface area contributed by atoms with Crippen molar-refractivity contribution in [1.82, 2.24) is 0 Å². The highest BCUT2D eigenvalue weighted by atomic mass is 19.1. The van der Waals surface area contributed by atoms with Gasteiger partial charge in [-0.05, 0) is 17.7 Å². The minimum absolute atomic E-state index is 0.116. The Morgan fingerprint density at radius 3 is 2.37 bits per heavy atom. The normalized spacial score (nSPS) is 20.4. The lowest BCUT2D eigenvalue weighted by Crippen LogP contribution is -2.61. The van der Waals surface area contributed by atoms with E-state index in [2.05, 4.69) is 0 Å². The Morgan fingerprint density at radius 2 is 1.78 bits per heavy atom. The van der Waals surface area contributed by atoms with E-state index in [0.29, 0.717) is 24.9 Å². The number of nitrogens with two attached hydrogens (primary N) is 1. The van der Waals surface area contributed by atoms with Crippen molar-refractivity contribution in [2.45, 2.75) is 31.8 Å². The van der Waals surface area contributed by atoms with Crippen LogP contribution in [0.15, 0.2) is 54.6 Å². The molecule has 140 valence electrons. The van der Waals surface area contributed by atoms with Gasteiger partial charge in [-0.25, -0.2) is 13.7 Å². The van der Waals surface area contributed by atoms with Crippen LogP contribution in [0.1, 0.15) is 24.0 Å². The first-order valence-corrected chi connectivity index (χ1v) is 8.94. The predicted molar refractivity (Wildman–Crippen MR) is 97.6 cm³/mol. The molecule has 2 aromatic rings. The molecule has 1 unspecified atom stereocenters. The van der Waals surface area contributed by atoms with Crippen LogP contribution in [0.3, 0.4) is 0 Å². The second-order valence-electron chi connectivity index (χ2n) is 6.98. The summed E-state index contributed by atoms with van der Waals surface area (Å²) < 4.78 is 13.5. The van der Waals surface area contributed by atoms with E-state index in [1.807, 2.05) is 30.3 Å². The number of rotatable bonds is 7. The second-order valence-corrected chi connectivity index (χ2v) is 6.98. The number of amides is 2. The third kappa shape index (κ3) is 3.95. The van der Waals surface area contributed by atoms with Crippen LogP contribution in [0, 0.1) is 5.82 Å².